The van der Waals surface area contributed by atoms with Crippen LogP contribution in [0, 0.1) is 0 Å². The number of benzene rings is 2. The van der Waals surface area contributed by atoms with Crippen molar-refractivity contribution in [1.82, 2.24) is 0 Å². The van der Waals surface area contributed by atoms with Crippen LogP contribution in [0.1, 0.15) is 43.6 Å². The fraction of sp³-hybridized carbons (Fsp3) is 0.350. The highest BCUT2D eigenvalue weighted by Crippen LogP contribution is 2.40. The Balaban J connectivity index is 2.13. The summed E-state index contributed by atoms with van der Waals surface area (Å²) < 4.78 is 52.7. The van der Waals surface area contributed by atoms with E-state index in [1.807, 2.05) is 27.7 Å². The average molecular weight is 391 g/mol. The van der Waals surface area contributed by atoms with Crippen LogP contribution >= 0.6 is 0 Å². The molecule has 8 heteroatoms. The van der Waals surface area contributed by atoms with Crippen LogP contribution in [0.5, 0.6) is 0 Å². The number of amides is 1. The first-order valence-corrected chi connectivity index (χ1v) is 8.79. The van der Waals surface area contributed by atoms with E-state index in [-0.39, 0.29) is 16.7 Å². The van der Waals surface area contributed by atoms with Gasteiger partial charge in [0.05, 0.1) is 16.8 Å². The lowest BCUT2D eigenvalue weighted by Crippen LogP contribution is -2.41. The van der Waals surface area contributed by atoms with Crippen LogP contribution in [0.3, 0.4) is 0 Å². The van der Waals surface area contributed by atoms with Crippen LogP contribution in [-0.4, -0.2) is 24.2 Å². The van der Waals surface area contributed by atoms with Crippen molar-refractivity contribution >= 4 is 18.5 Å². The van der Waals surface area contributed by atoms with Gasteiger partial charge in [0, 0.05) is 11.1 Å². The lowest BCUT2D eigenvalue weighted by atomic mass is 9.77. The molecule has 1 fully saturated rings. The molecule has 3 rings (SSSR count). The van der Waals surface area contributed by atoms with Crippen LogP contribution in [0.4, 0.5) is 13.2 Å². The molecule has 2 aromatic carbocycles. The summed E-state index contributed by atoms with van der Waals surface area (Å²) in [4.78, 5) is 11.8. The first-order valence-electron chi connectivity index (χ1n) is 8.79. The number of nitrogens with two attached hydrogens (primary N) is 1. The Labute approximate surface area is 162 Å². The summed E-state index contributed by atoms with van der Waals surface area (Å²) in [6.07, 6.45) is -4.64. The summed E-state index contributed by atoms with van der Waals surface area (Å²) in [5.41, 5.74) is 3.58. The van der Waals surface area contributed by atoms with Gasteiger partial charge in [-0.15, -0.1) is 0 Å². The van der Waals surface area contributed by atoms with E-state index < -0.39 is 36.0 Å². The second kappa shape index (κ2) is 6.63. The Hall–Kier alpha value is -2.32. The van der Waals surface area contributed by atoms with E-state index >= 15 is 0 Å². The minimum atomic E-state index is -4.64. The van der Waals surface area contributed by atoms with Crippen molar-refractivity contribution in [1.29, 1.82) is 0 Å². The zero-order chi connectivity index (χ0) is 20.9. The molecule has 0 saturated carbocycles. The van der Waals surface area contributed by atoms with E-state index in [4.69, 9.17) is 15.0 Å². The van der Waals surface area contributed by atoms with E-state index in [0.717, 1.165) is 6.07 Å². The summed E-state index contributed by atoms with van der Waals surface area (Å²) >= 11 is 0. The Morgan fingerprint density at radius 1 is 1.00 bits per heavy atom. The van der Waals surface area contributed by atoms with Gasteiger partial charge in [-0.05, 0) is 50.9 Å². The van der Waals surface area contributed by atoms with E-state index in [9.17, 15) is 18.0 Å². The number of primary amides is 1. The van der Waals surface area contributed by atoms with Gasteiger partial charge >= 0.3 is 13.3 Å². The molecule has 0 radical (unpaired) electrons. The van der Waals surface area contributed by atoms with Gasteiger partial charge in [-0.1, -0.05) is 30.3 Å². The van der Waals surface area contributed by atoms with E-state index in [2.05, 4.69) is 0 Å². The third kappa shape index (κ3) is 3.54. The number of hydrogen-bond donors (Lipinski definition) is 1. The maximum absolute atomic E-state index is 13.6. The maximum atomic E-state index is 13.6. The number of carbonyl (C=O) groups is 1. The molecule has 1 saturated heterocycles. The third-order valence-corrected chi connectivity index (χ3v) is 5.34. The summed E-state index contributed by atoms with van der Waals surface area (Å²) in [5.74, 6) is -0.929. The van der Waals surface area contributed by atoms with Crippen molar-refractivity contribution in [3.05, 3.63) is 53.6 Å². The largest absolute Gasteiger partial charge is 0.494 e. The first-order chi connectivity index (χ1) is 12.8. The molecule has 1 aliphatic rings. The standard InChI is InChI=1S/C20H21BF3NO3/c1-18(2)19(3,4)28-21(27-18)13-8-5-7-12(11-13)16-14(17(25)26)9-6-10-15(16)20(22,23)24/h5-11H,1-4H3,(H2,25,26). The smallest absolute Gasteiger partial charge is 0.399 e. The molecule has 148 valence electrons. The number of halogens is 3. The van der Waals surface area contributed by atoms with E-state index in [0.29, 0.717) is 5.46 Å². The lowest BCUT2D eigenvalue weighted by molar-refractivity contribution is -0.137. The number of carbonyl (C=O) groups excluding carboxylic acids is 1. The van der Waals surface area contributed by atoms with Crippen molar-refractivity contribution < 1.29 is 27.3 Å². The normalized spacial score (nSPS) is 18.3. The molecule has 0 atom stereocenters. The van der Waals surface area contributed by atoms with E-state index in [1.165, 1.54) is 18.2 Å². The van der Waals surface area contributed by atoms with Gasteiger partial charge in [-0.2, -0.15) is 13.2 Å². The van der Waals surface area contributed by atoms with Crippen LogP contribution in [0.15, 0.2) is 42.5 Å². The van der Waals surface area contributed by atoms with Crippen LogP contribution in [0.25, 0.3) is 11.1 Å². The minimum Gasteiger partial charge on any atom is -0.399 e. The number of hydrogen-bond acceptors (Lipinski definition) is 3. The van der Waals surface area contributed by atoms with Crippen LogP contribution in [0.2, 0.25) is 0 Å². The van der Waals surface area contributed by atoms with Gasteiger partial charge in [0.1, 0.15) is 0 Å². The van der Waals surface area contributed by atoms with E-state index in [1.54, 1.807) is 18.2 Å². The predicted octanol–water partition coefficient (Wildman–Crippen LogP) is 3.77. The third-order valence-electron chi connectivity index (χ3n) is 5.34. The van der Waals surface area contributed by atoms with Gasteiger partial charge in [0.2, 0.25) is 5.91 Å². The van der Waals surface area contributed by atoms with Crippen LogP contribution in [-0.2, 0) is 15.5 Å². The first kappa shape index (κ1) is 20.4. The topological polar surface area (TPSA) is 61.5 Å². The van der Waals surface area contributed by atoms with Crippen molar-refractivity contribution in [3.63, 3.8) is 0 Å². The zero-order valence-corrected chi connectivity index (χ0v) is 16.1. The average Bonchev–Trinajstić information content (AvgIpc) is 2.81. The fourth-order valence-corrected chi connectivity index (χ4v) is 3.12. The van der Waals surface area contributed by atoms with Crippen LogP contribution < -0.4 is 11.2 Å². The molecule has 1 aliphatic heterocycles. The second-order valence-corrected chi connectivity index (χ2v) is 7.80. The van der Waals surface area contributed by atoms with Crippen molar-refractivity contribution in [2.45, 2.75) is 45.1 Å². The van der Waals surface area contributed by atoms with Gasteiger partial charge in [0.15, 0.2) is 0 Å². The number of rotatable bonds is 3. The Morgan fingerprint density at radius 2 is 1.57 bits per heavy atom. The number of alkyl halides is 3. The quantitative estimate of drug-likeness (QED) is 0.811. The minimum absolute atomic E-state index is 0.194. The molecule has 0 unspecified atom stereocenters. The van der Waals surface area contributed by atoms with Gasteiger partial charge < -0.3 is 15.0 Å². The Morgan fingerprint density at radius 3 is 2.11 bits per heavy atom. The fourth-order valence-electron chi connectivity index (χ4n) is 3.12. The maximum Gasteiger partial charge on any atom is 0.494 e. The Bertz CT molecular complexity index is 909. The molecule has 1 heterocycles. The molecule has 0 bridgehead atoms. The highest BCUT2D eigenvalue weighted by atomic mass is 19.4. The van der Waals surface area contributed by atoms with Crippen molar-refractivity contribution in [2.75, 3.05) is 0 Å². The molecular formula is C20H21BF3NO3. The molecular weight excluding hydrogens is 370 g/mol. The summed E-state index contributed by atoms with van der Waals surface area (Å²) in [6, 6.07) is 9.76. The van der Waals surface area contributed by atoms with Gasteiger partial charge in [0.25, 0.3) is 0 Å². The zero-order valence-electron chi connectivity index (χ0n) is 16.1. The molecule has 28 heavy (non-hydrogen) atoms. The Kier molecular flexibility index (Phi) is 4.84. The summed E-state index contributed by atoms with van der Waals surface area (Å²) in [5, 5.41) is 0. The molecule has 2 aromatic rings. The van der Waals surface area contributed by atoms with Crippen molar-refractivity contribution in [2.24, 2.45) is 5.73 Å². The highest BCUT2D eigenvalue weighted by Gasteiger charge is 2.51. The SMILES string of the molecule is CC1(C)OB(c2cccc(-c3c(C(N)=O)cccc3C(F)(F)F)c2)OC1(C)C. The molecule has 0 aliphatic carbocycles. The summed E-state index contributed by atoms with van der Waals surface area (Å²) in [7, 11) is -0.736. The molecule has 0 spiro atoms. The van der Waals surface area contributed by atoms with Crippen molar-refractivity contribution in [3.8, 4) is 11.1 Å². The second-order valence-electron chi connectivity index (χ2n) is 7.80. The monoisotopic (exact) mass is 391 g/mol. The van der Waals surface area contributed by atoms with Gasteiger partial charge in [-0.3, -0.25) is 4.79 Å². The highest BCUT2D eigenvalue weighted by molar-refractivity contribution is 6.62. The predicted molar refractivity (Wildman–Crippen MR) is 101 cm³/mol. The van der Waals surface area contributed by atoms with Gasteiger partial charge in [-0.25, -0.2) is 0 Å². The molecule has 0 aromatic heterocycles. The molecule has 2 N–H and O–H groups in total. The molecule has 4 nitrogen and oxygen atoms in total. The summed E-state index contributed by atoms with van der Waals surface area (Å²) in [6.45, 7) is 7.56. The lowest BCUT2D eigenvalue weighted by Gasteiger charge is -2.32. The molecule has 1 amide bonds.